The molecule has 4 heteroatoms. The van der Waals surface area contributed by atoms with E-state index in [1.807, 2.05) is 12.1 Å². The Labute approximate surface area is 103 Å². The quantitative estimate of drug-likeness (QED) is 0.736. The number of hydrogen-bond donors (Lipinski definition) is 1. The van der Waals surface area contributed by atoms with Gasteiger partial charge in [0.05, 0.1) is 0 Å². The van der Waals surface area contributed by atoms with Gasteiger partial charge < -0.3 is 4.98 Å². The second kappa shape index (κ2) is 4.14. The molecule has 3 nitrogen and oxygen atoms in total. The van der Waals surface area contributed by atoms with Crippen molar-refractivity contribution in [2.24, 2.45) is 0 Å². The predicted octanol–water partition coefficient (Wildman–Crippen LogP) is 2.36. The number of hydrogen-bond acceptors (Lipinski definition) is 1. The van der Waals surface area contributed by atoms with Gasteiger partial charge in [0.15, 0.2) is 0 Å². The second-order valence-electron chi connectivity index (χ2n) is 4.21. The summed E-state index contributed by atoms with van der Waals surface area (Å²) < 4.78 is 14.6. The lowest BCUT2D eigenvalue weighted by molar-refractivity contribution is 0.626. The molecular weight excluding hydrogens is 231 g/mol. The highest BCUT2D eigenvalue weighted by Crippen LogP contribution is 2.10. The van der Waals surface area contributed by atoms with Crippen LogP contribution in [0.15, 0.2) is 53.5 Å². The molecule has 1 aromatic carbocycles. The van der Waals surface area contributed by atoms with Gasteiger partial charge in [0.2, 0.25) is 0 Å². The van der Waals surface area contributed by atoms with Crippen molar-refractivity contribution in [2.45, 2.75) is 6.42 Å². The Morgan fingerprint density at radius 1 is 1.17 bits per heavy atom. The summed E-state index contributed by atoms with van der Waals surface area (Å²) in [5, 5.41) is 0. The first-order chi connectivity index (χ1) is 8.72. The number of nitrogens with zero attached hydrogens (tertiary/aromatic N) is 1. The summed E-state index contributed by atoms with van der Waals surface area (Å²) >= 11 is 0. The second-order valence-corrected chi connectivity index (χ2v) is 4.21. The monoisotopic (exact) mass is 242 g/mol. The molecule has 0 atom stereocenters. The third-order valence-electron chi connectivity index (χ3n) is 2.85. The summed E-state index contributed by atoms with van der Waals surface area (Å²) in [4.78, 5) is 14.7. The highest BCUT2D eigenvalue weighted by molar-refractivity contribution is 5.40. The van der Waals surface area contributed by atoms with Gasteiger partial charge in [-0.15, -0.1) is 0 Å². The van der Waals surface area contributed by atoms with Gasteiger partial charge in [-0.1, -0.05) is 18.2 Å². The van der Waals surface area contributed by atoms with Crippen LogP contribution in [0.3, 0.4) is 0 Å². The van der Waals surface area contributed by atoms with Gasteiger partial charge in [-0.05, 0) is 23.8 Å². The average Bonchev–Trinajstić information content (AvgIpc) is 2.73. The van der Waals surface area contributed by atoms with Gasteiger partial charge in [-0.2, -0.15) is 0 Å². The van der Waals surface area contributed by atoms with Gasteiger partial charge in [0, 0.05) is 24.4 Å². The van der Waals surface area contributed by atoms with Crippen LogP contribution in [-0.2, 0) is 6.42 Å². The standard InChI is InChI=1S/C14H11FN2O/c15-11-4-1-3-10(7-11)8-12-9-17-13(16-12)5-2-6-14(17)18/h1-7,9,16H,8H2. The van der Waals surface area contributed by atoms with Crippen LogP contribution in [0, 0.1) is 5.82 Å². The lowest BCUT2D eigenvalue weighted by Crippen LogP contribution is -2.08. The minimum atomic E-state index is -0.249. The Balaban J connectivity index is 2.01. The normalized spacial score (nSPS) is 10.9. The van der Waals surface area contributed by atoms with Crippen molar-refractivity contribution in [1.29, 1.82) is 0 Å². The number of aromatic nitrogens is 2. The van der Waals surface area contributed by atoms with Crippen molar-refractivity contribution in [1.82, 2.24) is 9.38 Å². The van der Waals surface area contributed by atoms with E-state index in [9.17, 15) is 9.18 Å². The van der Waals surface area contributed by atoms with E-state index in [-0.39, 0.29) is 11.4 Å². The number of nitrogens with one attached hydrogen (secondary N) is 1. The Bertz CT molecular complexity index is 758. The minimum Gasteiger partial charge on any atom is -0.343 e. The molecule has 0 aliphatic heterocycles. The number of fused-ring (bicyclic) bond motifs is 1. The van der Waals surface area contributed by atoms with Crippen LogP contribution in [0.25, 0.3) is 5.65 Å². The number of pyridine rings is 1. The number of aromatic amines is 1. The van der Waals surface area contributed by atoms with Gasteiger partial charge >= 0.3 is 0 Å². The first-order valence-electron chi connectivity index (χ1n) is 5.66. The van der Waals surface area contributed by atoms with Crippen LogP contribution in [0.1, 0.15) is 11.3 Å². The van der Waals surface area contributed by atoms with E-state index in [1.54, 1.807) is 22.7 Å². The molecule has 0 spiro atoms. The molecule has 2 heterocycles. The number of H-pyrrole nitrogens is 1. The van der Waals surface area contributed by atoms with Crippen LogP contribution >= 0.6 is 0 Å². The summed E-state index contributed by atoms with van der Waals surface area (Å²) in [5.74, 6) is -0.249. The van der Waals surface area contributed by atoms with E-state index in [4.69, 9.17) is 0 Å². The number of benzene rings is 1. The van der Waals surface area contributed by atoms with Crippen molar-refractivity contribution in [2.75, 3.05) is 0 Å². The lowest BCUT2D eigenvalue weighted by atomic mass is 10.1. The molecule has 0 amide bonds. The molecule has 0 saturated heterocycles. The first kappa shape index (κ1) is 10.8. The molecule has 90 valence electrons. The zero-order valence-corrected chi connectivity index (χ0v) is 9.56. The SMILES string of the molecule is O=c1cccc2[nH]c(Cc3cccc(F)c3)cn12. The Hall–Kier alpha value is -2.36. The van der Waals surface area contributed by atoms with Crippen LogP contribution in [0.4, 0.5) is 4.39 Å². The molecule has 0 fully saturated rings. The van der Waals surface area contributed by atoms with Crippen LogP contribution < -0.4 is 5.56 Å². The maximum atomic E-state index is 13.1. The highest BCUT2D eigenvalue weighted by Gasteiger charge is 2.03. The zero-order chi connectivity index (χ0) is 12.5. The van der Waals surface area contributed by atoms with E-state index in [0.717, 1.165) is 16.9 Å². The molecule has 1 N–H and O–H groups in total. The summed E-state index contributed by atoms with van der Waals surface area (Å²) in [6, 6.07) is 11.5. The Morgan fingerprint density at radius 2 is 2.00 bits per heavy atom. The number of imidazole rings is 1. The molecule has 0 aliphatic rings. The predicted molar refractivity (Wildman–Crippen MR) is 67.2 cm³/mol. The van der Waals surface area contributed by atoms with Crippen molar-refractivity contribution in [3.8, 4) is 0 Å². The van der Waals surface area contributed by atoms with E-state index in [2.05, 4.69) is 4.98 Å². The Morgan fingerprint density at radius 3 is 2.78 bits per heavy atom. The molecule has 3 aromatic rings. The average molecular weight is 242 g/mol. The third-order valence-corrected chi connectivity index (χ3v) is 2.85. The fraction of sp³-hybridized carbons (Fsp3) is 0.0714. The smallest absolute Gasteiger partial charge is 0.256 e. The Kier molecular flexibility index (Phi) is 2.48. The zero-order valence-electron chi connectivity index (χ0n) is 9.56. The summed E-state index contributed by atoms with van der Waals surface area (Å²) in [7, 11) is 0. The lowest BCUT2D eigenvalue weighted by Gasteiger charge is -1.98. The van der Waals surface area contributed by atoms with Gasteiger partial charge in [-0.3, -0.25) is 9.20 Å². The van der Waals surface area contributed by atoms with Gasteiger partial charge in [-0.25, -0.2) is 4.39 Å². The van der Waals surface area contributed by atoms with Crippen molar-refractivity contribution in [3.63, 3.8) is 0 Å². The van der Waals surface area contributed by atoms with Crippen molar-refractivity contribution < 1.29 is 4.39 Å². The topological polar surface area (TPSA) is 37.3 Å². The summed E-state index contributed by atoms with van der Waals surface area (Å²) in [5.41, 5.74) is 2.42. The molecule has 3 rings (SSSR count). The summed E-state index contributed by atoms with van der Waals surface area (Å²) in [6.45, 7) is 0. The van der Waals surface area contributed by atoms with Gasteiger partial charge in [0.1, 0.15) is 11.5 Å². The number of halogens is 1. The van der Waals surface area contributed by atoms with Crippen molar-refractivity contribution in [3.05, 3.63) is 76.1 Å². The van der Waals surface area contributed by atoms with E-state index >= 15 is 0 Å². The fourth-order valence-corrected chi connectivity index (χ4v) is 2.05. The fourth-order valence-electron chi connectivity index (χ4n) is 2.05. The molecule has 18 heavy (non-hydrogen) atoms. The highest BCUT2D eigenvalue weighted by atomic mass is 19.1. The van der Waals surface area contributed by atoms with Crippen molar-refractivity contribution >= 4 is 5.65 Å². The molecular formula is C14H11FN2O. The third kappa shape index (κ3) is 1.93. The molecule has 0 saturated carbocycles. The van der Waals surface area contributed by atoms with Crippen LogP contribution in [-0.4, -0.2) is 9.38 Å². The molecule has 2 aromatic heterocycles. The van der Waals surface area contributed by atoms with Crippen LogP contribution in [0.5, 0.6) is 0 Å². The molecule has 0 unspecified atom stereocenters. The van der Waals surface area contributed by atoms with E-state index in [0.29, 0.717) is 6.42 Å². The minimum absolute atomic E-state index is 0.0748. The van der Waals surface area contributed by atoms with E-state index in [1.165, 1.54) is 18.2 Å². The maximum Gasteiger partial charge on any atom is 0.256 e. The van der Waals surface area contributed by atoms with E-state index < -0.39 is 0 Å². The van der Waals surface area contributed by atoms with Gasteiger partial charge in [0.25, 0.3) is 5.56 Å². The number of rotatable bonds is 2. The maximum absolute atomic E-state index is 13.1. The molecule has 0 radical (unpaired) electrons. The summed E-state index contributed by atoms with van der Waals surface area (Å²) in [6.07, 6.45) is 2.32. The molecule has 0 bridgehead atoms. The van der Waals surface area contributed by atoms with Crippen LogP contribution in [0.2, 0.25) is 0 Å². The molecule has 0 aliphatic carbocycles. The first-order valence-corrected chi connectivity index (χ1v) is 5.66. The largest absolute Gasteiger partial charge is 0.343 e.